The van der Waals surface area contributed by atoms with Crippen LogP contribution in [-0.2, 0) is 47.8 Å². The van der Waals surface area contributed by atoms with Crippen LogP contribution in [0.1, 0.15) is 80.0 Å². The molecule has 0 radical (unpaired) electrons. The van der Waals surface area contributed by atoms with Gasteiger partial charge in [0.05, 0.1) is 41.7 Å². The van der Waals surface area contributed by atoms with Crippen LogP contribution in [0.4, 0.5) is 11.4 Å². The van der Waals surface area contributed by atoms with Gasteiger partial charge in [-0.25, -0.2) is 0 Å². The SMILES string of the molecule is NCCNc1cccc2c1C(=O)N(C1CCC(=O)NC1=O)C2=O.O=COCCC(=O)NCCNc1cccc2c1C(=O)N(C1CCC(=O)NC1=O)C2=O.O=COCCC(=O)O. The fourth-order valence-electron chi connectivity index (χ4n) is 6.41. The van der Waals surface area contributed by atoms with Crippen LogP contribution in [0.5, 0.6) is 0 Å². The highest BCUT2D eigenvalue weighted by molar-refractivity contribution is 6.26. The number of ether oxygens (including phenoxy) is 2. The van der Waals surface area contributed by atoms with E-state index in [2.05, 4.69) is 36.1 Å². The van der Waals surface area contributed by atoms with Crippen LogP contribution >= 0.6 is 0 Å². The van der Waals surface area contributed by atoms with Gasteiger partial charge in [-0.2, -0.15) is 0 Å². The maximum Gasteiger partial charge on any atom is 0.306 e. The minimum absolute atomic E-state index is 0.0122. The quantitative estimate of drug-likeness (QED) is 0.0528. The zero-order valence-corrected chi connectivity index (χ0v) is 32.4. The molecule has 0 spiro atoms. The van der Waals surface area contributed by atoms with Crippen LogP contribution in [0.15, 0.2) is 36.4 Å². The number of aliphatic carboxylic acids is 1. The second kappa shape index (κ2) is 22.0. The first-order chi connectivity index (χ1) is 29.2. The number of nitrogens with zero attached hydrogens (tertiary/aromatic N) is 2. The number of hydrogen-bond acceptors (Lipinski definition) is 17. The first kappa shape index (κ1) is 46.1. The third kappa shape index (κ3) is 11.6. The number of nitrogens with one attached hydrogen (secondary N) is 5. The summed E-state index contributed by atoms with van der Waals surface area (Å²) in [7, 11) is 0. The van der Waals surface area contributed by atoms with E-state index in [1.807, 2.05) is 0 Å². The summed E-state index contributed by atoms with van der Waals surface area (Å²) in [6, 6.07) is 7.65. The van der Waals surface area contributed by atoms with E-state index in [0.717, 1.165) is 9.80 Å². The Morgan fingerprint density at radius 3 is 1.57 bits per heavy atom. The normalized spacial score (nSPS) is 17.7. The maximum absolute atomic E-state index is 12.9. The molecule has 61 heavy (non-hydrogen) atoms. The Morgan fingerprint density at radius 2 is 1.15 bits per heavy atom. The van der Waals surface area contributed by atoms with E-state index < -0.39 is 65.3 Å². The average molecular weight is 851 g/mol. The number of carboxylic acids is 1. The van der Waals surface area contributed by atoms with Gasteiger partial charge in [0.25, 0.3) is 36.6 Å². The number of carbonyl (C=O) groups excluding carboxylic acids is 11. The molecule has 2 fully saturated rings. The number of piperidine rings is 2. The summed E-state index contributed by atoms with van der Waals surface area (Å²) in [5.74, 6) is -5.62. The standard InChI is InChI=1S/C19H20N4O7.C15H16N4O4.C4H6O4/c24-10-30-9-6-14(25)21-8-7-20-12-3-1-2-11-16(12)19(29)23(18(11)28)13-4-5-15(26)22-17(13)27;16-6-7-17-9-3-1-2-8-12(9)15(23)19(14(8)22)10-4-5-11(20)18-13(10)21;5-3-8-2-1-4(6)7/h1-3,10,13,20H,4-9H2,(H,21,25)(H,22,26,27);1-3,10,17H,4-7,16H2,(H,18,20,21);3H,1-2H2,(H,6,7). The number of rotatable bonds is 17. The Balaban J connectivity index is 0.000000233. The van der Waals surface area contributed by atoms with Crippen molar-refractivity contribution < 1.29 is 72.1 Å². The lowest BCUT2D eigenvalue weighted by Gasteiger charge is -2.27. The van der Waals surface area contributed by atoms with Gasteiger partial charge in [0, 0.05) is 50.4 Å². The number of nitrogens with two attached hydrogens (primary N) is 1. The predicted molar refractivity (Wildman–Crippen MR) is 206 cm³/mol. The van der Waals surface area contributed by atoms with Gasteiger partial charge in [0.1, 0.15) is 18.7 Å². The van der Waals surface area contributed by atoms with Gasteiger partial charge in [-0.15, -0.1) is 0 Å². The van der Waals surface area contributed by atoms with Gasteiger partial charge in [-0.1, -0.05) is 12.1 Å². The summed E-state index contributed by atoms with van der Waals surface area (Å²) >= 11 is 0. The monoisotopic (exact) mass is 850 g/mol. The van der Waals surface area contributed by atoms with E-state index in [0.29, 0.717) is 24.5 Å². The Morgan fingerprint density at radius 1 is 0.689 bits per heavy atom. The lowest BCUT2D eigenvalue weighted by atomic mass is 10.0. The zero-order valence-electron chi connectivity index (χ0n) is 32.4. The van der Waals surface area contributed by atoms with Crippen molar-refractivity contribution in [2.24, 2.45) is 5.73 Å². The van der Waals surface area contributed by atoms with Crippen LogP contribution < -0.4 is 32.3 Å². The molecule has 0 aliphatic carbocycles. The molecule has 9 amide bonds. The van der Waals surface area contributed by atoms with Crippen LogP contribution in [0.2, 0.25) is 0 Å². The zero-order chi connectivity index (χ0) is 44.6. The highest BCUT2D eigenvalue weighted by Crippen LogP contribution is 2.33. The summed E-state index contributed by atoms with van der Waals surface area (Å²) in [5.41, 5.74) is 7.19. The first-order valence-electron chi connectivity index (χ1n) is 18.7. The number of anilines is 2. The van der Waals surface area contributed by atoms with E-state index in [1.165, 1.54) is 6.07 Å². The van der Waals surface area contributed by atoms with E-state index in [1.54, 1.807) is 30.3 Å². The van der Waals surface area contributed by atoms with Crippen molar-refractivity contribution >= 4 is 83.5 Å². The number of fused-ring (bicyclic) bond motifs is 2. The van der Waals surface area contributed by atoms with Gasteiger partial charge in [-0.05, 0) is 37.1 Å². The van der Waals surface area contributed by atoms with Crippen molar-refractivity contribution in [3.05, 3.63) is 58.7 Å². The first-order valence-corrected chi connectivity index (χ1v) is 18.7. The molecule has 0 aromatic heterocycles. The predicted octanol–water partition coefficient (Wildman–Crippen LogP) is -1.73. The second-order valence-corrected chi connectivity index (χ2v) is 13.2. The molecular weight excluding hydrogens is 808 g/mol. The molecule has 324 valence electrons. The summed E-state index contributed by atoms with van der Waals surface area (Å²) in [4.78, 5) is 140. The summed E-state index contributed by atoms with van der Waals surface area (Å²) in [5, 5.41) is 20.9. The summed E-state index contributed by atoms with van der Waals surface area (Å²) in [6.45, 7) is 1.78. The van der Waals surface area contributed by atoms with Gasteiger partial charge >= 0.3 is 5.97 Å². The molecule has 2 atom stereocenters. The minimum atomic E-state index is -1.03. The number of carboxylic acid groups (broad SMARTS) is 1. The van der Waals surface area contributed by atoms with E-state index in [9.17, 15) is 57.5 Å². The Labute approximate surface area is 346 Å². The van der Waals surface area contributed by atoms with E-state index in [4.69, 9.17) is 10.8 Å². The van der Waals surface area contributed by atoms with Crippen molar-refractivity contribution in [3.63, 3.8) is 0 Å². The number of carbonyl (C=O) groups is 12. The average Bonchev–Trinajstić information content (AvgIpc) is 3.63. The van der Waals surface area contributed by atoms with Crippen LogP contribution in [0.3, 0.4) is 0 Å². The molecule has 23 nitrogen and oxygen atoms in total. The Bertz CT molecular complexity index is 2110. The number of benzene rings is 2. The Hall–Kier alpha value is -7.56. The van der Waals surface area contributed by atoms with Gasteiger partial charge < -0.3 is 36.3 Å². The molecule has 2 aromatic carbocycles. The van der Waals surface area contributed by atoms with Gasteiger partial charge in [0.15, 0.2) is 0 Å². The number of amides is 9. The van der Waals surface area contributed by atoms with E-state index in [-0.39, 0.29) is 106 Å². The van der Waals surface area contributed by atoms with E-state index >= 15 is 0 Å². The van der Waals surface area contributed by atoms with Crippen molar-refractivity contribution in [2.45, 2.75) is 50.6 Å². The minimum Gasteiger partial charge on any atom is -0.481 e. The molecule has 2 aromatic rings. The second-order valence-electron chi connectivity index (χ2n) is 13.2. The van der Waals surface area contributed by atoms with Crippen LogP contribution in [-0.4, -0.2) is 138 Å². The molecule has 0 bridgehead atoms. The van der Waals surface area contributed by atoms with Crippen molar-refractivity contribution in [1.29, 1.82) is 0 Å². The van der Waals surface area contributed by atoms with Crippen molar-refractivity contribution in [3.8, 4) is 0 Å². The highest BCUT2D eigenvalue weighted by atomic mass is 16.5. The molecule has 23 heteroatoms. The lowest BCUT2D eigenvalue weighted by molar-refractivity contribution is -0.140. The van der Waals surface area contributed by atoms with Crippen LogP contribution in [0, 0.1) is 0 Å². The van der Waals surface area contributed by atoms with Crippen LogP contribution in [0.25, 0.3) is 0 Å². The summed E-state index contributed by atoms with van der Waals surface area (Å²) in [6.07, 6.45) is 0.279. The molecule has 0 saturated carbocycles. The fourth-order valence-corrected chi connectivity index (χ4v) is 6.41. The third-order valence-corrected chi connectivity index (χ3v) is 9.18. The molecule has 4 aliphatic rings. The molecular formula is C38H42N8O15. The smallest absolute Gasteiger partial charge is 0.306 e. The molecule has 8 N–H and O–H groups in total. The third-order valence-electron chi connectivity index (χ3n) is 9.18. The molecule has 4 aliphatic heterocycles. The number of imide groups is 4. The van der Waals surface area contributed by atoms with Gasteiger partial charge in [0.2, 0.25) is 29.5 Å². The molecule has 2 unspecified atom stereocenters. The topological polar surface area (TPSA) is 336 Å². The number of hydrogen-bond donors (Lipinski definition) is 7. The van der Waals surface area contributed by atoms with Crippen molar-refractivity contribution in [1.82, 2.24) is 25.8 Å². The van der Waals surface area contributed by atoms with Crippen molar-refractivity contribution in [2.75, 3.05) is 50.0 Å². The maximum atomic E-state index is 12.9. The Kier molecular flexibility index (Phi) is 16.6. The molecule has 4 heterocycles. The molecule has 2 saturated heterocycles. The lowest BCUT2D eigenvalue weighted by Crippen LogP contribution is -2.54. The fraction of sp³-hybridized carbons (Fsp3) is 0.368. The van der Waals surface area contributed by atoms with Gasteiger partial charge in [-0.3, -0.25) is 78.0 Å². The highest BCUT2D eigenvalue weighted by Gasteiger charge is 2.47. The summed E-state index contributed by atoms with van der Waals surface area (Å²) < 4.78 is 8.53. The largest absolute Gasteiger partial charge is 0.481 e. The molecule has 6 rings (SSSR count).